The molecule has 0 saturated heterocycles. The van der Waals surface area contributed by atoms with Gasteiger partial charge < -0.3 is 19.8 Å². The predicted molar refractivity (Wildman–Crippen MR) is 74.7 cm³/mol. The maximum atomic E-state index is 5.81. The van der Waals surface area contributed by atoms with Crippen LogP contribution in [0.15, 0.2) is 31.2 Å². The van der Waals surface area contributed by atoms with E-state index in [-0.39, 0.29) is 6.61 Å². The Hall–Kier alpha value is -1.38. The Kier molecular flexibility index (Phi) is 4.94. The topological polar surface area (TPSA) is 82.9 Å². The Bertz CT molecular complexity index is 567. The van der Waals surface area contributed by atoms with Gasteiger partial charge in [-0.15, -0.1) is 0 Å². The molecular formula is C11H12BrN3O3S. The molecule has 2 rings (SSSR count). The zero-order valence-corrected chi connectivity index (χ0v) is 12.5. The molecule has 0 spiro atoms. The first-order chi connectivity index (χ1) is 9.22. The Morgan fingerprint density at radius 2 is 2.37 bits per heavy atom. The largest absolute Gasteiger partial charge is 0.389 e. The van der Waals surface area contributed by atoms with Crippen molar-refractivity contribution in [3.8, 4) is 0 Å². The summed E-state index contributed by atoms with van der Waals surface area (Å²) in [4.78, 5) is 5.20. The van der Waals surface area contributed by atoms with Crippen LogP contribution in [0.2, 0.25) is 0 Å². The van der Waals surface area contributed by atoms with Gasteiger partial charge >= 0.3 is 0 Å². The first kappa shape index (κ1) is 14.0. The first-order valence-corrected chi connectivity index (χ1v) is 7.04. The van der Waals surface area contributed by atoms with Gasteiger partial charge in [-0.1, -0.05) is 10.3 Å². The number of nitrogens with zero attached hydrogens (tertiary/aromatic N) is 2. The first-order valence-electron chi connectivity index (χ1n) is 5.31. The molecule has 0 saturated carbocycles. The summed E-state index contributed by atoms with van der Waals surface area (Å²) in [7, 11) is 1.59. The third-order valence-corrected chi connectivity index (χ3v) is 3.99. The lowest BCUT2D eigenvalue weighted by atomic mass is 10.3. The van der Waals surface area contributed by atoms with E-state index in [4.69, 9.17) is 19.8 Å². The molecule has 0 fully saturated rings. The second-order valence-corrected chi connectivity index (χ2v) is 5.20. The minimum Gasteiger partial charge on any atom is -0.389 e. The number of halogens is 1. The fourth-order valence-corrected chi connectivity index (χ4v) is 2.83. The third kappa shape index (κ3) is 3.55. The molecule has 0 atom stereocenters. The number of methoxy groups -OCH3 is 1. The number of amidine groups is 1. The fraction of sp³-hybridized carbons (Fsp3) is 0.273. The van der Waals surface area contributed by atoms with Crippen LogP contribution in [0.5, 0.6) is 0 Å². The highest BCUT2D eigenvalue weighted by molar-refractivity contribution is 9.10. The van der Waals surface area contributed by atoms with Crippen molar-refractivity contribution in [2.75, 3.05) is 7.11 Å². The lowest BCUT2D eigenvalue weighted by Crippen LogP contribution is -2.13. The van der Waals surface area contributed by atoms with Crippen molar-refractivity contribution in [2.45, 2.75) is 13.2 Å². The molecule has 8 heteroatoms. The molecular weight excluding hydrogens is 334 g/mol. The van der Waals surface area contributed by atoms with Gasteiger partial charge in [-0.2, -0.15) is 11.3 Å². The summed E-state index contributed by atoms with van der Waals surface area (Å²) >= 11 is 4.91. The lowest BCUT2D eigenvalue weighted by Gasteiger charge is -2.01. The van der Waals surface area contributed by atoms with E-state index in [1.54, 1.807) is 7.11 Å². The monoisotopic (exact) mass is 345 g/mol. The minimum absolute atomic E-state index is 0.227. The van der Waals surface area contributed by atoms with Crippen LogP contribution in [0.4, 0.5) is 0 Å². The van der Waals surface area contributed by atoms with Crippen LogP contribution in [-0.2, 0) is 22.8 Å². The summed E-state index contributed by atoms with van der Waals surface area (Å²) in [5.41, 5.74) is 8.10. The van der Waals surface area contributed by atoms with Crippen molar-refractivity contribution in [2.24, 2.45) is 10.9 Å². The minimum atomic E-state index is 0.227. The number of hydrogen-bond donors (Lipinski definition) is 1. The highest BCUT2D eigenvalue weighted by Crippen LogP contribution is 2.21. The van der Waals surface area contributed by atoms with Gasteiger partial charge in [0.15, 0.2) is 5.84 Å². The summed E-state index contributed by atoms with van der Waals surface area (Å²) in [6.07, 6.45) is 1.50. The molecule has 0 unspecified atom stereocenters. The van der Waals surface area contributed by atoms with Crippen molar-refractivity contribution < 1.29 is 14.1 Å². The normalized spacial score (nSPS) is 11.8. The quantitative estimate of drug-likeness (QED) is 0.494. The molecule has 0 aromatic carbocycles. The van der Waals surface area contributed by atoms with E-state index >= 15 is 0 Å². The van der Waals surface area contributed by atoms with Crippen LogP contribution in [0.25, 0.3) is 0 Å². The molecule has 6 nitrogen and oxygen atoms in total. The third-order valence-electron chi connectivity index (χ3n) is 2.28. The molecule has 19 heavy (non-hydrogen) atoms. The standard InChI is InChI=1S/C11H12BrN3O3S/c1-16-4-10-7(2-17-14-10)3-18-15-11(13)8-5-19-6-9(8)12/h2,5-6H,3-4H2,1H3,(H2,13,15). The Morgan fingerprint density at radius 3 is 3.05 bits per heavy atom. The van der Waals surface area contributed by atoms with Gasteiger partial charge in [0.1, 0.15) is 18.6 Å². The van der Waals surface area contributed by atoms with Gasteiger partial charge in [-0.3, -0.25) is 0 Å². The van der Waals surface area contributed by atoms with Crippen molar-refractivity contribution in [3.05, 3.63) is 38.3 Å². The van der Waals surface area contributed by atoms with Gasteiger partial charge in [-0.25, -0.2) is 0 Å². The van der Waals surface area contributed by atoms with E-state index in [0.29, 0.717) is 18.1 Å². The molecule has 0 aliphatic carbocycles. The molecule has 2 N–H and O–H groups in total. The summed E-state index contributed by atoms with van der Waals surface area (Å²) < 4.78 is 10.7. The van der Waals surface area contributed by atoms with Crippen molar-refractivity contribution in [1.29, 1.82) is 0 Å². The number of aromatic nitrogens is 1. The molecule has 0 aliphatic rings. The van der Waals surface area contributed by atoms with Crippen LogP contribution in [0, 0.1) is 0 Å². The van der Waals surface area contributed by atoms with E-state index in [2.05, 4.69) is 26.2 Å². The smallest absolute Gasteiger partial charge is 0.172 e. The summed E-state index contributed by atoms with van der Waals surface area (Å²) in [6.45, 7) is 0.592. The van der Waals surface area contributed by atoms with E-state index in [1.165, 1.54) is 17.6 Å². The number of oxime groups is 1. The number of rotatable bonds is 6. The van der Waals surface area contributed by atoms with E-state index in [0.717, 1.165) is 15.6 Å². The fourth-order valence-electron chi connectivity index (χ4n) is 1.34. The summed E-state index contributed by atoms with van der Waals surface area (Å²) in [6, 6.07) is 0. The van der Waals surface area contributed by atoms with E-state index < -0.39 is 0 Å². The Labute approximate surface area is 122 Å². The second kappa shape index (κ2) is 6.69. The van der Waals surface area contributed by atoms with Gasteiger partial charge in [0.2, 0.25) is 0 Å². The van der Waals surface area contributed by atoms with Gasteiger partial charge in [0.25, 0.3) is 0 Å². The predicted octanol–water partition coefficient (Wildman–Crippen LogP) is 2.48. The lowest BCUT2D eigenvalue weighted by molar-refractivity contribution is 0.126. The van der Waals surface area contributed by atoms with Crippen LogP contribution < -0.4 is 5.73 Å². The summed E-state index contributed by atoms with van der Waals surface area (Å²) in [5.74, 6) is 0.317. The molecule has 2 heterocycles. The highest BCUT2D eigenvalue weighted by Gasteiger charge is 2.09. The molecule has 0 radical (unpaired) electrons. The molecule has 102 valence electrons. The highest BCUT2D eigenvalue weighted by atomic mass is 79.9. The number of nitrogens with two attached hydrogens (primary N) is 1. The molecule has 0 bridgehead atoms. The zero-order chi connectivity index (χ0) is 13.7. The van der Waals surface area contributed by atoms with Crippen molar-refractivity contribution >= 4 is 33.1 Å². The number of ether oxygens (including phenoxy) is 1. The maximum Gasteiger partial charge on any atom is 0.172 e. The van der Waals surface area contributed by atoms with Crippen LogP contribution >= 0.6 is 27.3 Å². The van der Waals surface area contributed by atoms with Crippen molar-refractivity contribution in [3.63, 3.8) is 0 Å². The molecule has 2 aromatic rings. The van der Waals surface area contributed by atoms with E-state index in [1.807, 2.05) is 10.8 Å². The SMILES string of the molecule is COCc1nocc1CO/N=C(\N)c1cscc1Br. The van der Waals surface area contributed by atoms with Crippen LogP contribution in [0.3, 0.4) is 0 Å². The Balaban J connectivity index is 1.96. The van der Waals surface area contributed by atoms with Crippen LogP contribution in [0.1, 0.15) is 16.8 Å². The summed E-state index contributed by atoms with van der Waals surface area (Å²) in [5, 5.41) is 11.5. The average molecular weight is 346 g/mol. The maximum absolute atomic E-state index is 5.81. The molecule has 0 amide bonds. The van der Waals surface area contributed by atoms with Crippen molar-refractivity contribution in [1.82, 2.24) is 5.16 Å². The van der Waals surface area contributed by atoms with Crippen LogP contribution in [-0.4, -0.2) is 18.1 Å². The second-order valence-electron chi connectivity index (χ2n) is 3.60. The molecule has 2 aromatic heterocycles. The number of thiophene rings is 1. The Morgan fingerprint density at radius 1 is 1.53 bits per heavy atom. The van der Waals surface area contributed by atoms with Gasteiger partial charge in [0, 0.05) is 27.9 Å². The van der Waals surface area contributed by atoms with Gasteiger partial charge in [-0.05, 0) is 15.9 Å². The van der Waals surface area contributed by atoms with E-state index in [9.17, 15) is 0 Å². The number of hydrogen-bond acceptors (Lipinski definition) is 6. The average Bonchev–Trinajstić information content (AvgIpc) is 2.99. The van der Waals surface area contributed by atoms with Gasteiger partial charge in [0.05, 0.1) is 12.2 Å². The zero-order valence-electron chi connectivity index (χ0n) is 10.1. The molecule has 0 aliphatic heterocycles.